The molecule has 1 N–H and O–H groups in total. The van der Waals surface area contributed by atoms with Crippen LogP contribution in [-0.2, 0) is 6.54 Å². The Morgan fingerprint density at radius 3 is 2.45 bits per heavy atom. The average Bonchev–Trinajstić information content (AvgIpc) is 2.41. The number of alkyl halides is 2. The number of hydrogen-bond acceptors (Lipinski definition) is 2. The Hall–Kier alpha value is -1.88. The number of benzene rings is 2. The molecule has 0 bridgehead atoms. The maximum Gasteiger partial charge on any atom is 0.387 e. The van der Waals surface area contributed by atoms with Crippen LogP contribution in [0.2, 0.25) is 5.02 Å². The van der Waals surface area contributed by atoms with E-state index < -0.39 is 12.4 Å². The molecule has 0 unspecified atom stereocenters. The summed E-state index contributed by atoms with van der Waals surface area (Å²) in [4.78, 5) is 0. The van der Waals surface area contributed by atoms with Crippen LogP contribution >= 0.6 is 11.6 Å². The number of anilines is 1. The number of rotatable bonds is 5. The van der Waals surface area contributed by atoms with Crippen LogP contribution in [-0.4, -0.2) is 6.61 Å². The van der Waals surface area contributed by atoms with E-state index in [2.05, 4.69) is 10.1 Å². The summed E-state index contributed by atoms with van der Waals surface area (Å²) < 4.78 is 41.8. The molecule has 0 saturated heterocycles. The van der Waals surface area contributed by atoms with Crippen molar-refractivity contribution in [1.82, 2.24) is 0 Å². The fourth-order valence-corrected chi connectivity index (χ4v) is 1.83. The molecule has 2 nitrogen and oxygen atoms in total. The van der Waals surface area contributed by atoms with Crippen molar-refractivity contribution >= 4 is 17.3 Å². The topological polar surface area (TPSA) is 21.3 Å². The Morgan fingerprint density at radius 2 is 1.80 bits per heavy atom. The predicted octanol–water partition coefficient (Wildman–Crippen LogP) is 4.69. The summed E-state index contributed by atoms with van der Waals surface area (Å²) in [6.45, 7) is -2.61. The second-order valence-electron chi connectivity index (χ2n) is 3.97. The minimum Gasteiger partial charge on any atom is -0.435 e. The van der Waals surface area contributed by atoms with E-state index in [0.29, 0.717) is 11.3 Å². The standard InChI is InChI=1S/C14H11ClF3NO/c15-12-3-1-2-9(13(12)16)8-19-10-4-6-11(7-5-10)20-14(17)18/h1-7,14,19H,8H2. The number of halogens is 4. The zero-order valence-electron chi connectivity index (χ0n) is 10.2. The molecule has 6 heteroatoms. The summed E-state index contributed by atoms with van der Waals surface area (Å²) in [7, 11) is 0. The van der Waals surface area contributed by atoms with Gasteiger partial charge in [0.2, 0.25) is 0 Å². The molecule has 0 aliphatic rings. The average molecular weight is 302 g/mol. The van der Waals surface area contributed by atoms with Gasteiger partial charge in [-0.3, -0.25) is 0 Å². The van der Waals surface area contributed by atoms with Crippen molar-refractivity contribution < 1.29 is 17.9 Å². The molecule has 0 aliphatic heterocycles. The van der Waals surface area contributed by atoms with Crippen molar-refractivity contribution in [3.05, 3.63) is 58.9 Å². The van der Waals surface area contributed by atoms with E-state index in [9.17, 15) is 13.2 Å². The summed E-state index contributed by atoms with van der Waals surface area (Å²) in [5, 5.41) is 3.03. The lowest BCUT2D eigenvalue weighted by molar-refractivity contribution is -0.0498. The highest BCUT2D eigenvalue weighted by molar-refractivity contribution is 6.30. The van der Waals surface area contributed by atoms with Crippen LogP contribution in [0.15, 0.2) is 42.5 Å². The molecule has 2 aromatic rings. The number of ether oxygens (including phenoxy) is 1. The van der Waals surface area contributed by atoms with Gasteiger partial charge in [0.25, 0.3) is 0 Å². The third-order valence-corrected chi connectivity index (χ3v) is 2.89. The van der Waals surface area contributed by atoms with Crippen molar-refractivity contribution in [3.8, 4) is 5.75 Å². The quantitative estimate of drug-likeness (QED) is 0.865. The molecule has 0 aromatic heterocycles. The normalized spacial score (nSPS) is 10.7. The van der Waals surface area contributed by atoms with Crippen LogP contribution in [0, 0.1) is 5.82 Å². The van der Waals surface area contributed by atoms with Gasteiger partial charge in [-0.1, -0.05) is 23.7 Å². The zero-order valence-corrected chi connectivity index (χ0v) is 11.0. The summed E-state index contributed by atoms with van der Waals surface area (Å²) >= 11 is 5.67. The zero-order chi connectivity index (χ0) is 14.5. The summed E-state index contributed by atoms with van der Waals surface area (Å²) in [6.07, 6.45) is 0. The molecule has 0 amide bonds. The second-order valence-corrected chi connectivity index (χ2v) is 4.38. The van der Waals surface area contributed by atoms with Gasteiger partial charge < -0.3 is 10.1 Å². The lowest BCUT2D eigenvalue weighted by Gasteiger charge is -2.09. The van der Waals surface area contributed by atoms with Crippen molar-refractivity contribution in [3.63, 3.8) is 0 Å². The predicted molar refractivity (Wildman–Crippen MR) is 71.8 cm³/mol. The molecular weight excluding hydrogens is 291 g/mol. The van der Waals surface area contributed by atoms with Gasteiger partial charge in [-0.25, -0.2) is 4.39 Å². The summed E-state index contributed by atoms with van der Waals surface area (Å²) in [5.41, 5.74) is 1.08. The first-order chi connectivity index (χ1) is 9.56. The van der Waals surface area contributed by atoms with E-state index in [0.717, 1.165) is 0 Å². The molecule has 0 atom stereocenters. The van der Waals surface area contributed by atoms with E-state index in [1.165, 1.54) is 18.2 Å². The van der Waals surface area contributed by atoms with E-state index in [-0.39, 0.29) is 17.3 Å². The first-order valence-electron chi connectivity index (χ1n) is 5.78. The van der Waals surface area contributed by atoms with Gasteiger partial charge >= 0.3 is 6.61 Å². The van der Waals surface area contributed by atoms with E-state index in [4.69, 9.17) is 11.6 Å². The highest BCUT2D eigenvalue weighted by Gasteiger charge is 2.06. The van der Waals surface area contributed by atoms with Gasteiger partial charge in [0.1, 0.15) is 11.6 Å². The number of nitrogens with one attached hydrogen (secondary N) is 1. The summed E-state index contributed by atoms with van der Waals surface area (Å²) in [6, 6.07) is 10.7. The monoisotopic (exact) mass is 301 g/mol. The van der Waals surface area contributed by atoms with Crippen LogP contribution in [0.4, 0.5) is 18.9 Å². The second kappa shape index (κ2) is 6.52. The fraction of sp³-hybridized carbons (Fsp3) is 0.143. The number of hydrogen-bond donors (Lipinski definition) is 1. The molecule has 2 rings (SSSR count). The minimum atomic E-state index is -2.85. The first kappa shape index (κ1) is 14.5. The highest BCUT2D eigenvalue weighted by Crippen LogP contribution is 2.21. The van der Waals surface area contributed by atoms with Gasteiger partial charge in [0, 0.05) is 17.8 Å². The van der Waals surface area contributed by atoms with Crippen LogP contribution in [0.3, 0.4) is 0 Å². The molecule has 0 spiro atoms. The van der Waals surface area contributed by atoms with Crippen molar-refractivity contribution in [2.45, 2.75) is 13.2 Å². The van der Waals surface area contributed by atoms with Gasteiger partial charge in [0.15, 0.2) is 0 Å². The Balaban J connectivity index is 1.99. The smallest absolute Gasteiger partial charge is 0.387 e. The van der Waals surface area contributed by atoms with Crippen LogP contribution in [0.25, 0.3) is 0 Å². The SMILES string of the molecule is Fc1c(Cl)cccc1CNc1ccc(OC(F)F)cc1. The Morgan fingerprint density at radius 1 is 1.10 bits per heavy atom. The lowest BCUT2D eigenvalue weighted by Crippen LogP contribution is -2.03. The van der Waals surface area contributed by atoms with Gasteiger partial charge in [-0.05, 0) is 30.3 Å². The molecule has 0 aliphatic carbocycles. The molecule has 0 fully saturated rings. The first-order valence-corrected chi connectivity index (χ1v) is 6.15. The van der Waals surface area contributed by atoms with Gasteiger partial charge in [-0.2, -0.15) is 8.78 Å². The van der Waals surface area contributed by atoms with Crippen molar-refractivity contribution in [1.29, 1.82) is 0 Å². The van der Waals surface area contributed by atoms with Crippen LogP contribution < -0.4 is 10.1 Å². The molecule has 2 aromatic carbocycles. The molecule has 106 valence electrons. The maximum absolute atomic E-state index is 13.6. The molecule has 0 heterocycles. The fourth-order valence-electron chi connectivity index (χ4n) is 1.64. The minimum absolute atomic E-state index is 0.0602. The van der Waals surface area contributed by atoms with E-state index >= 15 is 0 Å². The van der Waals surface area contributed by atoms with Crippen LogP contribution in [0.1, 0.15) is 5.56 Å². The van der Waals surface area contributed by atoms with E-state index in [1.807, 2.05) is 0 Å². The lowest BCUT2D eigenvalue weighted by atomic mass is 10.2. The van der Waals surface area contributed by atoms with E-state index in [1.54, 1.807) is 24.3 Å². The Bertz CT molecular complexity index is 575. The Labute approximate surface area is 119 Å². The van der Waals surface area contributed by atoms with Crippen molar-refractivity contribution in [2.75, 3.05) is 5.32 Å². The summed E-state index contributed by atoms with van der Waals surface area (Å²) in [5.74, 6) is -0.404. The molecular formula is C14H11ClF3NO. The van der Waals surface area contributed by atoms with Crippen molar-refractivity contribution in [2.24, 2.45) is 0 Å². The molecule has 0 saturated carbocycles. The van der Waals surface area contributed by atoms with Gasteiger partial charge in [0.05, 0.1) is 5.02 Å². The third-order valence-electron chi connectivity index (χ3n) is 2.59. The van der Waals surface area contributed by atoms with Gasteiger partial charge in [-0.15, -0.1) is 0 Å². The van der Waals surface area contributed by atoms with Crippen LogP contribution in [0.5, 0.6) is 5.75 Å². The maximum atomic E-state index is 13.6. The molecule has 0 radical (unpaired) electrons. The Kier molecular flexibility index (Phi) is 4.74. The third kappa shape index (κ3) is 3.81. The highest BCUT2D eigenvalue weighted by atomic mass is 35.5. The largest absolute Gasteiger partial charge is 0.435 e. The molecule has 20 heavy (non-hydrogen) atoms.